The molecule has 1 aliphatic heterocycles. The van der Waals surface area contributed by atoms with Crippen molar-refractivity contribution < 1.29 is 4.79 Å². The van der Waals surface area contributed by atoms with Gasteiger partial charge in [-0.3, -0.25) is 18.8 Å². The lowest BCUT2D eigenvalue weighted by atomic mass is 10.2. The van der Waals surface area contributed by atoms with Gasteiger partial charge in [0.05, 0.1) is 21.6 Å². The van der Waals surface area contributed by atoms with E-state index in [0.717, 1.165) is 22.3 Å². The van der Waals surface area contributed by atoms with Gasteiger partial charge in [-0.15, -0.1) is 0 Å². The number of amidine groups is 1. The first kappa shape index (κ1) is 18.6. The second kappa shape index (κ2) is 7.00. The van der Waals surface area contributed by atoms with E-state index < -0.39 is 0 Å². The van der Waals surface area contributed by atoms with Crippen LogP contribution in [-0.4, -0.2) is 32.2 Å². The van der Waals surface area contributed by atoms with Gasteiger partial charge in [0.1, 0.15) is 0 Å². The molecule has 28 heavy (non-hydrogen) atoms. The summed E-state index contributed by atoms with van der Waals surface area (Å²) in [7, 11) is 5.18. The third-order valence-electron chi connectivity index (χ3n) is 4.65. The summed E-state index contributed by atoms with van der Waals surface area (Å²) >= 11 is 7.23. The molecule has 2 heterocycles. The van der Waals surface area contributed by atoms with E-state index in [-0.39, 0.29) is 11.6 Å². The first-order valence-electron chi connectivity index (χ1n) is 8.52. The number of benzene rings is 2. The zero-order chi connectivity index (χ0) is 20.0. The maximum Gasteiger partial charge on any atom is 0.328 e. The van der Waals surface area contributed by atoms with E-state index >= 15 is 0 Å². The predicted octanol–water partition coefficient (Wildman–Crippen LogP) is 3.76. The average molecular weight is 413 g/mol. The van der Waals surface area contributed by atoms with E-state index in [1.807, 2.05) is 24.3 Å². The van der Waals surface area contributed by atoms with Gasteiger partial charge >= 0.3 is 5.69 Å². The molecule has 2 aromatic carbocycles. The minimum absolute atomic E-state index is 0.0803. The van der Waals surface area contributed by atoms with Crippen LogP contribution >= 0.6 is 23.4 Å². The van der Waals surface area contributed by atoms with E-state index in [0.29, 0.717) is 15.1 Å². The van der Waals surface area contributed by atoms with Crippen molar-refractivity contribution in [3.05, 3.63) is 68.4 Å². The second-order valence-electron chi connectivity index (χ2n) is 6.49. The third-order valence-corrected chi connectivity index (χ3v) is 5.96. The van der Waals surface area contributed by atoms with E-state index in [2.05, 4.69) is 4.99 Å². The zero-order valence-electron chi connectivity index (χ0n) is 15.5. The van der Waals surface area contributed by atoms with Crippen LogP contribution in [0.3, 0.4) is 0 Å². The second-order valence-corrected chi connectivity index (χ2v) is 7.94. The molecule has 0 atom stereocenters. The van der Waals surface area contributed by atoms with Crippen LogP contribution in [-0.2, 0) is 18.9 Å². The fourth-order valence-corrected chi connectivity index (χ4v) is 4.16. The molecule has 0 aliphatic carbocycles. The van der Waals surface area contributed by atoms with Gasteiger partial charge in [-0.2, -0.15) is 0 Å². The summed E-state index contributed by atoms with van der Waals surface area (Å²) in [6.45, 7) is 0. The average Bonchev–Trinajstić information content (AvgIpc) is 3.07. The number of aliphatic imine (C=N–C) groups is 1. The number of rotatable bonds is 2. The van der Waals surface area contributed by atoms with Gasteiger partial charge in [-0.05, 0) is 59.8 Å². The van der Waals surface area contributed by atoms with Gasteiger partial charge in [-0.1, -0.05) is 17.7 Å². The summed E-state index contributed by atoms with van der Waals surface area (Å²) in [5.74, 6) is -0.111. The molecule has 6 nitrogen and oxygen atoms in total. The monoisotopic (exact) mass is 412 g/mol. The highest BCUT2D eigenvalue weighted by Crippen LogP contribution is 2.33. The van der Waals surface area contributed by atoms with Gasteiger partial charge in [-0.25, -0.2) is 9.79 Å². The fourth-order valence-electron chi connectivity index (χ4n) is 3.04. The number of thioether (sulfide) groups is 1. The number of fused-ring (bicyclic) bond motifs is 1. The molecule has 0 unspecified atom stereocenters. The first-order valence-corrected chi connectivity index (χ1v) is 9.72. The van der Waals surface area contributed by atoms with Crippen LogP contribution in [0.15, 0.2) is 57.2 Å². The van der Waals surface area contributed by atoms with Gasteiger partial charge in [0.25, 0.3) is 5.91 Å². The Morgan fingerprint density at radius 3 is 2.36 bits per heavy atom. The maximum absolute atomic E-state index is 12.6. The SMILES string of the molecule is CN1C(=O)/C(=C\c2ccc3c(c2)n(C)c(=O)n3C)SC1=Nc1ccc(Cl)cc1. The molecule has 1 saturated heterocycles. The van der Waals surface area contributed by atoms with E-state index in [1.165, 1.54) is 16.7 Å². The molecular formula is C20H17ClN4O2S. The topological polar surface area (TPSA) is 59.6 Å². The molecule has 0 N–H and O–H groups in total. The Morgan fingerprint density at radius 1 is 0.964 bits per heavy atom. The molecule has 1 amide bonds. The van der Waals surface area contributed by atoms with Crippen molar-refractivity contribution in [3.63, 3.8) is 0 Å². The zero-order valence-corrected chi connectivity index (χ0v) is 17.1. The molecule has 1 aromatic heterocycles. The standard InChI is InChI=1S/C20H17ClN4O2S/c1-23-15-9-4-12(10-16(15)24(2)20(23)27)11-17-18(26)25(3)19(28-17)22-14-7-5-13(21)6-8-14/h4-11H,1-3H3/b17-11+,22-19?. The van der Waals surface area contributed by atoms with Crippen LogP contribution in [0.2, 0.25) is 5.02 Å². The number of carbonyl (C=O) groups is 1. The predicted molar refractivity (Wildman–Crippen MR) is 115 cm³/mol. The molecule has 0 saturated carbocycles. The summed E-state index contributed by atoms with van der Waals surface area (Å²) in [6, 6.07) is 12.8. The van der Waals surface area contributed by atoms with Crippen LogP contribution < -0.4 is 5.69 Å². The molecule has 0 radical (unpaired) electrons. The molecule has 142 valence electrons. The Balaban J connectivity index is 1.69. The number of aryl methyl sites for hydroxylation is 2. The number of carbonyl (C=O) groups excluding carboxylic acids is 1. The Bertz CT molecular complexity index is 1220. The van der Waals surface area contributed by atoms with Gasteiger partial charge < -0.3 is 0 Å². The van der Waals surface area contributed by atoms with Crippen LogP contribution in [0, 0.1) is 0 Å². The number of imidazole rings is 1. The Kier molecular flexibility index (Phi) is 4.64. The summed E-state index contributed by atoms with van der Waals surface area (Å²) in [5.41, 5.74) is 3.17. The Labute approximate surface area is 170 Å². The Morgan fingerprint density at radius 2 is 1.64 bits per heavy atom. The highest BCUT2D eigenvalue weighted by molar-refractivity contribution is 8.18. The summed E-state index contributed by atoms with van der Waals surface area (Å²) in [4.78, 5) is 31.4. The number of aromatic nitrogens is 2. The van der Waals surface area contributed by atoms with Crippen molar-refractivity contribution >= 4 is 57.2 Å². The minimum Gasteiger partial charge on any atom is -0.295 e. The number of amides is 1. The number of nitrogens with zero attached hydrogens (tertiary/aromatic N) is 4. The van der Waals surface area contributed by atoms with Crippen molar-refractivity contribution in [1.82, 2.24) is 14.0 Å². The highest BCUT2D eigenvalue weighted by atomic mass is 35.5. The fraction of sp³-hybridized carbons (Fsp3) is 0.150. The summed E-state index contributed by atoms with van der Waals surface area (Å²) < 4.78 is 3.20. The van der Waals surface area contributed by atoms with Gasteiger partial charge in [0.2, 0.25) is 0 Å². The smallest absolute Gasteiger partial charge is 0.295 e. The van der Waals surface area contributed by atoms with Crippen molar-refractivity contribution in [1.29, 1.82) is 0 Å². The van der Waals surface area contributed by atoms with Gasteiger partial charge in [0, 0.05) is 26.2 Å². The highest BCUT2D eigenvalue weighted by Gasteiger charge is 2.30. The molecule has 1 aliphatic rings. The number of hydrogen-bond acceptors (Lipinski definition) is 4. The Hall–Kier alpha value is -2.77. The van der Waals surface area contributed by atoms with Crippen LogP contribution in [0.25, 0.3) is 17.1 Å². The molecule has 8 heteroatoms. The van der Waals surface area contributed by atoms with Crippen molar-refractivity contribution in [2.24, 2.45) is 19.1 Å². The van der Waals surface area contributed by atoms with E-state index in [1.54, 1.807) is 54.5 Å². The normalized spacial score (nSPS) is 17.4. The number of likely N-dealkylation sites (N-methyl/N-ethyl adjacent to an activating group) is 1. The molecule has 0 bridgehead atoms. The quantitative estimate of drug-likeness (QED) is 0.602. The largest absolute Gasteiger partial charge is 0.328 e. The molecule has 3 aromatic rings. The van der Waals surface area contributed by atoms with Crippen LogP contribution in [0.4, 0.5) is 5.69 Å². The maximum atomic E-state index is 12.6. The van der Waals surface area contributed by atoms with Gasteiger partial charge in [0.15, 0.2) is 5.17 Å². The number of hydrogen-bond donors (Lipinski definition) is 0. The summed E-state index contributed by atoms with van der Waals surface area (Å²) in [5, 5.41) is 1.24. The van der Waals surface area contributed by atoms with Crippen molar-refractivity contribution in [2.45, 2.75) is 0 Å². The lowest BCUT2D eigenvalue weighted by molar-refractivity contribution is -0.121. The summed E-state index contributed by atoms with van der Waals surface area (Å²) in [6.07, 6.45) is 1.82. The molecule has 0 spiro atoms. The lowest BCUT2D eigenvalue weighted by Gasteiger charge is -2.07. The minimum atomic E-state index is -0.111. The lowest BCUT2D eigenvalue weighted by Crippen LogP contribution is -2.23. The van der Waals surface area contributed by atoms with Crippen molar-refractivity contribution in [2.75, 3.05) is 7.05 Å². The number of halogens is 1. The van der Waals surface area contributed by atoms with Crippen LogP contribution in [0.1, 0.15) is 5.56 Å². The first-order chi connectivity index (χ1) is 13.3. The van der Waals surface area contributed by atoms with E-state index in [9.17, 15) is 9.59 Å². The van der Waals surface area contributed by atoms with Crippen molar-refractivity contribution in [3.8, 4) is 0 Å². The molecular weight excluding hydrogens is 396 g/mol. The van der Waals surface area contributed by atoms with Crippen LogP contribution in [0.5, 0.6) is 0 Å². The molecule has 4 rings (SSSR count). The van der Waals surface area contributed by atoms with E-state index in [4.69, 9.17) is 11.6 Å². The third kappa shape index (κ3) is 3.16. The molecule has 1 fully saturated rings.